The molecule has 0 radical (unpaired) electrons. The standard InChI is InChI=1S/C18H29N3O2/c1-18(2,3)23-17(22)19-16-8-7-13-10-21(12-15(13)16)11-14-6-5-9-20(14)4/h5-6,9,13,15-16H,7-8,10-12H2,1-4H3,(H,19,22)/t13-,15+,16+/m0/s1. The van der Waals surface area contributed by atoms with Gasteiger partial charge in [0.1, 0.15) is 5.60 Å². The number of amides is 1. The van der Waals surface area contributed by atoms with Crippen molar-refractivity contribution in [1.82, 2.24) is 14.8 Å². The molecular formula is C18H29N3O2. The number of hydrogen-bond donors (Lipinski definition) is 1. The first-order valence-corrected chi connectivity index (χ1v) is 8.64. The Balaban J connectivity index is 1.54. The molecule has 5 heteroatoms. The second-order valence-electron chi connectivity index (χ2n) is 8.06. The van der Waals surface area contributed by atoms with Crippen LogP contribution >= 0.6 is 0 Å². The zero-order chi connectivity index (χ0) is 16.6. The molecule has 1 saturated heterocycles. The van der Waals surface area contributed by atoms with Crippen LogP contribution in [0.4, 0.5) is 4.79 Å². The van der Waals surface area contributed by atoms with Crippen LogP contribution in [0.1, 0.15) is 39.3 Å². The molecule has 1 aliphatic carbocycles. The largest absolute Gasteiger partial charge is 0.444 e. The van der Waals surface area contributed by atoms with Crippen molar-refractivity contribution in [3.8, 4) is 0 Å². The molecule has 2 heterocycles. The number of fused-ring (bicyclic) bond motifs is 1. The van der Waals surface area contributed by atoms with Crippen LogP contribution in [-0.4, -0.2) is 40.3 Å². The van der Waals surface area contributed by atoms with Crippen LogP contribution in [-0.2, 0) is 18.3 Å². The average Bonchev–Trinajstić information content (AvgIpc) is 3.08. The molecule has 5 nitrogen and oxygen atoms in total. The molecule has 1 amide bonds. The Morgan fingerprint density at radius 3 is 2.78 bits per heavy atom. The molecule has 3 atom stereocenters. The van der Waals surface area contributed by atoms with Gasteiger partial charge in [-0.2, -0.15) is 0 Å². The maximum absolute atomic E-state index is 12.0. The fourth-order valence-electron chi connectivity index (χ4n) is 4.01. The highest BCUT2D eigenvalue weighted by Crippen LogP contribution is 2.38. The summed E-state index contributed by atoms with van der Waals surface area (Å²) in [5, 5.41) is 3.10. The van der Waals surface area contributed by atoms with Crippen molar-refractivity contribution >= 4 is 6.09 Å². The number of rotatable bonds is 3. The van der Waals surface area contributed by atoms with Gasteiger partial charge in [0.2, 0.25) is 0 Å². The summed E-state index contributed by atoms with van der Waals surface area (Å²) in [4.78, 5) is 14.6. The minimum Gasteiger partial charge on any atom is -0.444 e. The first kappa shape index (κ1) is 16.4. The van der Waals surface area contributed by atoms with E-state index in [4.69, 9.17) is 4.74 Å². The number of hydrogen-bond acceptors (Lipinski definition) is 3. The summed E-state index contributed by atoms with van der Waals surface area (Å²) in [5.74, 6) is 1.26. The Labute approximate surface area is 139 Å². The summed E-state index contributed by atoms with van der Waals surface area (Å²) in [6, 6.07) is 4.54. The van der Waals surface area contributed by atoms with Gasteiger partial charge in [-0.3, -0.25) is 4.90 Å². The van der Waals surface area contributed by atoms with E-state index in [0.29, 0.717) is 11.8 Å². The number of likely N-dealkylation sites (tertiary alicyclic amines) is 1. The van der Waals surface area contributed by atoms with Crippen molar-refractivity contribution < 1.29 is 9.53 Å². The maximum atomic E-state index is 12.0. The quantitative estimate of drug-likeness (QED) is 0.932. The van der Waals surface area contributed by atoms with Gasteiger partial charge >= 0.3 is 6.09 Å². The minimum atomic E-state index is -0.434. The second kappa shape index (κ2) is 6.19. The molecule has 0 spiro atoms. The first-order chi connectivity index (χ1) is 10.8. The zero-order valence-electron chi connectivity index (χ0n) is 14.7. The molecule has 3 rings (SSSR count). The van der Waals surface area contributed by atoms with E-state index in [1.165, 1.54) is 12.1 Å². The number of alkyl carbamates (subject to hydrolysis) is 1. The lowest BCUT2D eigenvalue weighted by Gasteiger charge is -2.25. The summed E-state index contributed by atoms with van der Waals surface area (Å²) in [7, 11) is 2.10. The third kappa shape index (κ3) is 3.89. The smallest absolute Gasteiger partial charge is 0.407 e. The van der Waals surface area contributed by atoms with Gasteiger partial charge in [0.25, 0.3) is 0 Å². The van der Waals surface area contributed by atoms with Crippen molar-refractivity contribution in [2.75, 3.05) is 13.1 Å². The van der Waals surface area contributed by atoms with Crippen molar-refractivity contribution in [2.45, 2.75) is 51.8 Å². The van der Waals surface area contributed by atoms with Gasteiger partial charge in [-0.25, -0.2) is 4.79 Å². The predicted octanol–water partition coefficient (Wildman–Crippen LogP) is 2.76. The molecule has 0 unspecified atom stereocenters. The van der Waals surface area contributed by atoms with Gasteiger partial charge in [0.05, 0.1) is 0 Å². The van der Waals surface area contributed by atoms with Crippen molar-refractivity contribution in [3.05, 3.63) is 24.0 Å². The van der Waals surface area contributed by atoms with Crippen LogP contribution in [0.2, 0.25) is 0 Å². The lowest BCUT2D eigenvalue weighted by Crippen LogP contribution is -2.42. The molecule has 1 N–H and O–H groups in total. The van der Waals surface area contributed by atoms with Crippen LogP contribution in [0.15, 0.2) is 18.3 Å². The summed E-state index contributed by atoms with van der Waals surface area (Å²) < 4.78 is 7.59. The number of aromatic nitrogens is 1. The number of carbonyl (C=O) groups is 1. The molecule has 2 aliphatic rings. The number of ether oxygens (including phenoxy) is 1. The summed E-state index contributed by atoms with van der Waals surface area (Å²) in [6.45, 7) is 8.91. The van der Waals surface area contributed by atoms with Gasteiger partial charge in [0.15, 0.2) is 0 Å². The van der Waals surface area contributed by atoms with E-state index < -0.39 is 5.60 Å². The zero-order valence-corrected chi connectivity index (χ0v) is 14.7. The first-order valence-electron chi connectivity index (χ1n) is 8.64. The molecule has 2 fully saturated rings. The van der Waals surface area contributed by atoms with Gasteiger partial charge in [-0.15, -0.1) is 0 Å². The van der Waals surface area contributed by atoms with Crippen molar-refractivity contribution in [3.63, 3.8) is 0 Å². The fourth-order valence-corrected chi connectivity index (χ4v) is 4.01. The van der Waals surface area contributed by atoms with E-state index in [2.05, 4.69) is 40.2 Å². The molecule has 23 heavy (non-hydrogen) atoms. The van der Waals surface area contributed by atoms with Crippen molar-refractivity contribution in [2.24, 2.45) is 18.9 Å². The maximum Gasteiger partial charge on any atom is 0.407 e. The monoisotopic (exact) mass is 319 g/mol. The molecule has 1 aliphatic heterocycles. The third-order valence-electron chi connectivity index (χ3n) is 5.07. The van der Waals surface area contributed by atoms with Crippen LogP contribution in [0.25, 0.3) is 0 Å². The van der Waals surface area contributed by atoms with Gasteiger partial charge in [-0.1, -0.05) is 0 Å². The Hall–Kier alpha value is -1.49. The lowest BCUT2D eigenvalue weighted by molar-refractivity contribution is 0.0491. The highest BCUT2D eigenvalue weighted by Gasteiger charge is 2.43. The molecular weight excluding hydrogens is 290 g/mol. The molecule has 1 saturated carbocycles. The number of aryl methyl sites for hydroxylation is 1. The molecule has 0 aromatic carbocycles. The minimum absolute atomic E-state index is 0.258. The van der Waals surface area contributed by atoms with Gasteiger partial charge in [0, 0.05) is 44.6 Å². The normalized spacial score (nSPS) is 27.9. The number of carbonyl (C=O) groups excluding carboxylic acids is 1. The Bertz CT molecular complexity index is 561. The van der Waals surface area contributed by atoms with Crippen LogP contribution in [0, 0.1) is 11.8 Å². The van der Waals surface area contributed by atoms with E-state index in [-0.39, 0.29) is 12.1 Å². The van der Waals surface area contributed by atoms with Crippen molar-refractivity contribution in [1.29, 1.82) is 0 Å². The molecule has 1 aromatic rings. The summed E-state index contributed by atoms with van der Waals surface area (Å²) in [6.07, 6.45) is 4.10. The Morgan fingerprint density at radius 2 is 2.13 bits per heavy atom. The number of nitrogens with zero attached hydrogens (tertiary/aromatic N) is 2. The topological polar surface area (TPSA) is 46.5 Å². The second-order valence-corrected chi connectivity index (χ2v) is 8.06. The Morgan fingerprint density at radius 1 is 1.35 bits per heavy atom. The van der Waals surface area contributed by atoms with E-state index in [0.717, 1.165) is 26.1 Å². The fraction of sp³-hybridized carbons (Fsp3) is 0.722. The molecule has 0 bridgehead atoms. The predicted molar refractivity (Wildman–Crippen MR) is 90.1 cm³/mol. The van der Waals surface area contributed by atoms with Crippen LogP contribution < -0.4 is 5.32 Å². The summed E-state index contributed by atoms with van der Waals surface area (Å²) in [5.41, 5.74) is 0.915. The Kier molecular flexibility index (Phi) is 4.41. The van der Waals surface area contributed by atoms with Gasteiger partial charge < -0.3 is 14.6 Å². The average molecular weight is 319 g/mol. The van der Waals surface area contributed by atoms with Crippen LogP contribution in [0.5, 0.6) is 0 Å². The van der Waals surface area contributed by atoms with E-state index >= 15 is 0 Å². The highest BCUT2D eigenvalue weighted by molar-refractivity contribution is 5.68. The van der Waals surface area contributed by atoms with E-state index in [9.17, 15) is 4.79 Å². The van der Waals surface area contributed by atoms with E-state index in [1.807, 2.05) is 20.8 Å². The van der Waals surface area contributed by atoms with Crippen LogP contribution in [0.3, 0.4) is 0 Å². The molecule has 1 aromatic heterocycles. The molecule has 128 valence electrons. The summed E-state index contributed by atoms with van der Waals surface area (Å²) >= 11 is 0. The lowest BCUT2D eigenvalue weighted by atomic mass is 9.98. The SMILES string of the molecule is Cn1cccc1CN1C[C@@H]2CC[C@@H](NC(=O)OC(C)(C)C)[C@@H]2C1. The van der Waals surface area contributed by atoms with E-state index in [1.54, 1.807) is 0 Å². The third-order valence-corrected chi connectivity index (χ3v) is 5.07. The highest BCUT2D eigenvalue weighted by atomic mass is 16.6. The number of nitrogens with one attached hydrogen (secondary N) is 1. The van der Waals surface area contributed by atoms with Gasteiger partial charge in [-0.05, 0) is 57.6 Å².